The van der Waals surface area contributed by atoms with Crippen molar-refractivity contribution < 1.29 is 13.2 Å². The first kappa shape index (κ1) is 22.4. The van der Waals surface area contributed by atoms with E-state index in [4.69, 9.17) is 9.72 Å². The van der Waals surface area contributed by atoms with E-state index in [0.29, 0.717) is 5.75 Å². The van der Waals surface area contributed by atoms with Crippen LogP contribution in [0.25, 0.3) is 33.8 Å². The number of H-pyrrole nitrogens is 1. The fourth-order valence-electron chi connectivity index (χ4n) is 4.06. The number of aromatic amines is 1. The van der Waals surface area contributed by atoms with E-state index in [9.17, 15) is 8.42 Å². The summed E-state index contributed by atoms with van der Waals surface area (Å²) in [5.74, 6) is 1.45. The number of nitrogens with one attached hydrogen (secondary N) is 1. The first-order valence-electron chi connectivity index (χ1n) is 10.2. The predicted molar refractivity (Wildman–Crippen MR) is 137 cm³/mol. The Morgan fingerprint density at radius 1 is 0.939 bits per heavy atom. The van der Waals surface area contributed by atoms with Gasteiger partial charge in [0.2, 0.25) is 0 Å². The normalized spacial score (nSPS) is 14.3. The summed E-state index contributed by atoms with van der Waals surface area (Å²) in [7, 11) is -3.29. The van der Waals surface area contributed by atoms with Gasteiger partial charge in [-0.05, 0) is 93.2 Å². The van der Waals surface area contributed by atoms with Crippen molar-refractivity contribution in [2.45, 2.75) is 24.3 Å². The molecule has 33 heavy (non-hydrogen) atoms. The van der Waals surface area contributed by atoms with E-state index in [-0.39, 0.29) is 4.90 Å². The van der Waals surface area contributed by atoms with Crippen LogP contribution < -0.4 is 4.74 Å². The molecule has 0 saturated heterocycles. The Labute approximate surface area is 209 Å². The fourth-order valence-corrected chi connectivity index (χ4v) is 6.10. The van der Waals surface area contributed by atoms with Gasteiger partial charge in [0.05, 0.1) is 16.3 Å². The number of hydrogen-bond donors (Lipinski definition) is 1. The van der Waals surface area contributed by atoms with Crippen molar-refractivity contribution in [2.75, 3.05) is 6.26 Å². The van der Waals surface area contributed by atoms with Crippen LogP contribution in [0.15, 0.2) is 74.5 Å². The lowest BCUT2D eigenvalue weighted by Crippen LogP contribution is -2.29. The molecule has 0 aliphatic carbocycles. The Morgan fingerprint density at radius 3 is 2.30 bits per heavy atom. The number of halogens is 2. The Morgan fingerprint density at radius 2 is 1.61 bits per heavy atom. The molecule has 4 aromatic rings. The van der Waals surface area contributed by atoms with Gasteiger partial charge in [0.15, 0.2) is 9.84 Å². The van der Waals surface area contributed by atoms with E-state index in [1.54, 1.807) is 18.2 Å². The molecule has 0 bridgehead atoms. The molecule has 0 atom stereocenters. The second kappa shape index (κ2) is 7.82. The average molecular weight is 588 g/mol. The van der Waals surface area contributed by atoms with Crippen LogP contribution in [-0.2, 0) is 15.4 Å². The number of nitrogens with zero attached hydrogens (tertiary/aromatic N) is 1. The third-order valence-electron chi connectivity index (χ3n) is 5.70. The zero-order valence-electron chi connectivity index (χ0n) is 18.1. The molecular weight excluding hydrogens is 568 g/mol. The Hall–Kier alpha value is -2.42. The van der Waals surface area contributed by atoms with Crippen LogP contribution in [0, 0.1) is 0 Å². The van der Waals surface area contributed by atoms with Crippen LogP contribution in [0.1, 0.15) is 19.5 Å². The van der Waals surface area contributed by atoms with E-state index in [0.717, 1.165) is 48.4 Å². The van der Waals surface area contributed by atoms with Gasteiger partial charge >= 0.3 is 0 Å². The Bertz CT molecular complexity index is 1500. The summed E-state index contributed by atoms with van der Waals surface area (Å²) in [4.78, 5) is 8.71. The van der Waals surface area contributed by atoms with Crippen molar-refractivity contribution >= 4 is 41.7 Å². The first-order valence-corrected chi connectivity index (χ1v) is 13.7. The highest BCUT2D eigenvalue weighted by molar-refractivity contribution is 9.11. The summed E-state index contributed by atoms with van der Waals surface area (Å²) >= 11 is 7.26. The molecule has 0 spiro atoms. The molecular formula is C25H20Br2N2O3S. The van der Waals surface area contributed by atoms with E-state index >= 15 is 0 Å². The standard InChI is InChI=1S/C25H20Br2N2O3S/c1-25(2)23-22(28-24(29-23)21-18(26)8-5-9-19(21)27)17-11-10-15(13-20(17)32-25)14-6-4-7-16(12-14)33(3,30)31/h4-13H,1-3H3,(H,28,29). The number of ether oxygens (including phenoxy) is 1. The van der Waals surface area contributed by atoms with Gasteiger partial charge in [-0.15, -0.1) is 0 Å². The van der Waals surface area contributed by atoms with Crippen molar-refractivity contribution in [3.63, 3.8) is 0 Å². The molecule has 5 rings (SSSR count). The average Bonchev–Trinajstić information content (AvgIpc) is 3.19. The van der Waals surface area contributed by atoms with Crippen molar-refractivity contribution in [1.82, 2.24) is 9.97 Å². The number of fused-ring (bicyclic) bond motifs is 3. The summed E-state index contributed by atoms with van der Waals surface area (Å²) < 4.78 is 32.3. The van der Waals surface area contributed by atoms with Gasteiger partial charge in [-0.3, -0.25) is 0 Å². The molecule has 168 valence electrons. The van der Waals surface area contributed by atoms with Crippen LogP contribution in [0.5, 0.6) is 5.75 Å². The highest BCUT2D eigenvalue weighted by Gasteiger charge is 2.36. The molecule has 1 aliphatic heterocycles. The largest absolute Gasteiger partial charge is 0.481 e. The van der Waals surface area contributed by atoms with Gasteiger partial charge in [-0.25, -0.2) is 13.4 Å². The fraction of sp³-hybridized carbons (Fsp3) is 0.160. The van der Waals surface area contributed by atoms with Gasteiger partial charge in [-0.1, -0.05) is 24.3 Å². The summed E-state index contributed by atoms with van der Waals surface area (Å²) in [6.45, 7) is 4.01. The number of aromatic nitrogens is 2. The van der Waals surface area contributed by atoms with Crippen LogP contribution in [0.4, 0.5) is 0 Å². The summed E-state index contributed by atoms with van der Waals surface area (Å²) in [6, 6.07) is 18.8. The third-order valence-corrected chi connectivity index (χ3v) is 8.13. The van der Waals surface area contributed by atoms with E-state index in [1.807, 2.05) is 56.3 Å². The van der Waals surface area contributed by atoms with Crippen molar-refractivity contribution in [3.05, 3.63) is 75.3 Å². The minimum absolute atomic E-state index is 0.289. The lowest BCUT2D eigenvalue weighted by molar-refractivity contribution is 0.101. The van der Waals surface area contributed by atoms with Gasteiger partial charge in [-0.2, -0.15) is 0 Å². The van der Waals surface area contributed by atoms with Crippen LogP contribution in [0.2, 0.25) is 0 Å². The number of sulfone groups is 1. The molecule has 2 heterocycles. The zero-order chi connectivity index (χ0) is 23.5. The number of hydrogen-bond acceptors (Lipinski definition) is 4. The van der Waals surface area contributed by atoms with Crippen LogP contribution in [-0.4, -0.2) is 24.6 Å². The van der Waals surface area contributed by atoms with Crippen LogP contribution in [0.3, 0.4) is 0 Å². The third kappa shape index (κ3) is 3.94. The van der Waals surface area contributed by atoms with Crippen LogP contribution >= 0.6 is 31.9 Å². The highest BCUT2D eigenvalue weighted by Crippen LogP contribution is 2.47. The number of benzene rings is 3. The Balaban J connectivity index is 1.64. The minimum Gasteiger partial charge on any atom is -0.481 e. The van der Waals surface area contributed by atoms with Crippen molar-refractivity contribution in [2.24, 2.45) is 0 Å². The van der Waals surface area contributed by atoms with Gasteiger partial charge in [0, 0.05) is 26.3 Å². The smallest absolute Gasteiger partial charge is 0.175 e. The Kier molecular flexibility index (Phi) is 5.30. The minimum atomic E-state index is -3.29. The molecule has 5 nitrogen and oxygen atoms in total. The molecule has 0 unspecified atom stereocenters. The SMILES string of the molecule is CC1(C)Oc2cc(-c3cccc(S(C)(=O)=O)c3)ccc2-c2nc(-c3c(Br)cccc3Br)[nH]c21. The summed E-state index contributed by atoms with van der Waals surface area (Å²) in [6.07, 6.45) is 1.21. The van der Waals surface area contributed by atoms with Crippen molar-refractivity contribution in [3.8, 4) is 39.5 Å². The summed E-state index contributed by atoms with van der Waals surface area (Å²) in [5, 5.41) is 0. The zero-order valence-corrected chi connectivity index (χ0v) is 22.1. The number of imidazole rings is 1. The monoisotopic (exact) mass is 586 g/mol. The molecule has 0 amide bonds. The predicted octanol–water partition coefficient (Wildman–Crippen LogP) is 6.97. The molecule has 8 heteroatoms. The second-order valence-corrected chi connectivity index (χ2v) is 12.3. The summed E-state index contributed by atoms with van der Waals surface area (Å²) in [5.41, 5.74) is 4.64. The van der Waals surface area contributed by atoms with E-state index in [1.165, 1.54) is 6.26 Å². The molecule has 1 aromatic heterocycles. The maximum atomic E-state index is 12.0. The molecule has 0 radical (unpaired) electrons. The highest BCUT2D eigenvalue weighted by atomic mass is 79.9. The van der Waals surface area contributed by atoms with Gasteiger partial charge in [0.25, 0.3) is 0 Å². The second-order valence-electron chi connectivity index (χ2n) is 8.53. The van der Waals surface area contributed by atoms with Gasteiger partial charge < -0.3 is 9.72 Å². The maximum absolute atomic E-state index is 12.0. The molecule has 0 saturated carbocycles. The maximum Gasteiger partial charge on any atom is 0.175 e. The quantitative estimate of drug-likeness (QED) is 0.281. The molecule has 3 aromatic carbocycles. The first-order chi connectivity index (χ1) is 15.5. The molecule has 0 fully saturated rings. The van der Waals surface area contributed by atoms with Gasteiger partial charge in [0.1, 0.15) is 17.2 Å². The molecule has 1 aliphatic rings. The lowest BCUT2D eigenvalue weighted by Gasteiger charge is -2.32. The van der Waals surface area contributed by atoms with Crippen molar-refractivity contribution in [1.29, 1.82) is 0 Å². The lowest BCUT2D eigenvalue weighted by atomic mass is 9.93. The molecule has 1 N–H and O–H groups in total. The topological polar surface area (TPSA) is 72.1 Å². The number of rotatable bonds is 3. The van der Waals surface area contributed by atoms with E-state index in [2.05, 4.69) is 36.8 Å². The van der Waals surface area contributed by atoms with E-state index < -0.39 is 15.4 Å².